The van der Waals surface area contributed by atoms with Crippen LogP contribution in [0.4, 0.5) is 13.2 Å². The topological polar surface area (TPSA) is 74.3 Å². The molecule has 4 rings (SSSR count). The maximum Gasteiger partial charge on any atom is 0.416 e. The van der Waals surface area contributed by atoms with Crippen LogP contribution in [0.25, 0.3) is 5.69 Å². The van der Waals surface area contributed by atoms with Gasteiger partial charge in [-0.3, -0.25) is 0 Å². The number of oxime groups is 1. The summed E-state index contributed by atoms with van der Waals surface area (Å²) in [7, 11) is 1.36. The third-order valence-electron chi connectivity index (χ3n) is 5.33. The van der Waals surface area contributed by atoms with Crippen LogP contribution in [0.3, 0.4) is 0 Å². The number of hydrogen-bond acceptors (Lipinski definition) is 5. The number of rotatable bonds is 5. The van der Waals surface area contributed by atoms with Crippen molar-refractivity contribution in [1.82, 2.24) is 19.8 Å². The van der Waals surface area contributed by atoms with Gasteiger partial charge in [0.2, 0.25) is 0 Å². The largest absolute Gasteiger partial charge is 0.416 e. The molecule has 0 saturated heterocycles. The molecule has 1 aliphatic carbocycles. The minimum absolute atomic E-state index is 0.0571. The smallest absolute Gasteiger partial charge is 0.391 e. The molecule has 0 amide bonds. The Hall–Kier alpha value is -3.43. The Morgan fingerprint density at radius 1 is 1.16 bits per heavy atom. The van der Waals surface area contributed by atoms with Crippen molar-refractivity contribution in [3.63, 3.8) is 0 Å². The summed E-state index contributed by atoms with van der Waals surface area (Å²) in [5.74, 6) is 0. The van der Waals surface area contributed by atoms with Gasteiger partial charge in [-0.2, -0.15) is 22.5 Å². The Labute approximate surface area is 175 Å². The molecule has 0 saturated carbocycles. The standard InChI is InChI=1S/C21H20F3N5O2/c1-13(15-10-9-14-5-3-6-16(14)11-15)25-31-12-17-18(21(22,23)24)7-4-8-19(17)29-20(30)28(2)26-27-29/h4,7-11H,3,5-6,12H2,1-2H3/b25-13-. The van der Waals surface area contributed by atoms with E-state index in [2.05, 4.69) is 15.6 Å². The van der Waals surface area contributed by atoms with Crippen molar-refractivity contribution in [1.29, 1.82) is 0 Å². The maximum atomic E-state index is 13.6. The van der Waals surface area contributed by atoms with Crippen molar-refractivity contribution in [3.05, 3.63) is 74.7 Å². The third-order valence-corrected chi connectivity index (χ3v) is 5.33. The molecule has 0 unspecified atom stereocenters. The minimum Gasteiger partial charge on any atom is -0.391 e. The second kappa shape index (κ2) is 8.01. The van der Waals surface area contributed by atoms with Gasteiger partial charge < -0.3 is 4.84 Å². The van der Waals surface area contributed by atoms with Gasteiger partial charge in [-0.25, -0.2) is 4.79 Å². The van der Waals surface area contributed by atoms with E-state index in [1.165, 1.54) is 30.3 Å². The molecule has 0 aliphatic heterocycles. The van der Waals surface area contributed by atoms with Crippen molar-refractivity contribution in [2.24, 2.45) is 12.2 Å². The van der Waals surface area contributed by atoms with Gasteiger partial charge in [0.1, 0.15) is 6.61 Å². The van der Waals surface area contributed by atoms with E-state index >= 15 is 0 Å². The lowest BCUT2D eigenvalue weighted by Gasteiger charge is -2.15. The zero-order valence-electron chi connectivity index (χ0n) is 17.0. The summed E-state index contributed by atoms with van der Waals surface area (Å²) in [4.78, 5) is 17.5. The molecule has 1 aliphatic rings. The van der Waals surface area contributed by atoms with E-state index in [0.29, 0.717) is 5.71 Å². The average Bonchev–Trinajstić information content (AvgIpc) is 3.33. The Kier molecular flexibility index (Phi) is 5.38. The summed E-state index contributed by atoms with van der Waals surface area (Å²) in [6.07, 6.45) is -1.46. The number of tetrazole rings is 1. The molecule has 0 radical (unpaired) electrons. The first-order valence-electron chi connectivity index (χ1n) is 9.73. The van der Waals surface area contributed by atoms with Crippen LogP contribution in [0.2, 0.25) is 0 Å². The molecule has 1 aromatic heterocycles. The third kappa shape index (κ3) is 4.10. The van der Waals surface area contributed by atoms with Gasteiger partial charge in [-0.1, -0.05) is 23.4 Å². The van der Waals surface area contributed by atoms with Crippen LogP contribution >= 0.6 is 0 Å². The summed E-state index contributed by atoms with van der Waals surface area (Å²) in [6, 6.07) is 9.52. The number of nitrogens with zero attached hydrogens (tertiary/aromatic N) is 5. The average molecular weight is 431 g/mol. The van der Waals surface area contributed by atoms with Crippen LogP contribution in [-0.4, -0.2) is 25.5 Å². The van der Waals surface area contributed by atoms with E-state index < -0.39 is 24.0 Å². The highest BCUT2D eigenvalue weighted by molar-refractivity contribution is 5.98. The van der Waals surface area contributed by atoms with Crippen LogP contribution in [-0.2, 0) is 37.5 Å². The van der Waals surface area contributed by atoms with Gasteiger partial charge in [0.05, 0.1) is 17.0 Å². The highest BCUT2D eigenvalue weighted by atomic mass is 19.4. The first-order valence-corrected chi connectivity index (χ1v) is 9.73. The van der Waals surface area contributed by atoms with E-state index in [0.717, 1.165) is 40.3 Å². The molecule has 7 nitrogen and oxygen atoms in total. The maximum absolute atomic E-state index is 13.6. The van der Waals surface area contributed by atoms with Crippen LogP contribution in [0.15, 0.2) is 46.3 Å². The summed E-state index contributed by atoms with van der Waals surface area (Å²) in [5, 5.41) is 11.2. The predicted molar refractivity (Wildman–Crippen MR) is 107 cm³/mol. The summed E-state index contributed by atoms with van der Waals surface area (Å²) in [5.41, 5.74) is 2.09. The highest BCUT2D eigenvalue weighted by Gasteiger charge is 2.35. The molecule has 0 bridgehead atoms. The van der Waals surface area contributed by atoms with Gasteiger partial charge in [-0.05, 0) is 71.5 Å². The molecule has 10 heteroatoms. The van der Waals surface area contributed by atoms with Crippen molar-refractivity contribution < 1.29 is 18.0 Å². The monoisotopic (exact) mass is 431 g/mol. The zero-order valence-corrected chi connectivity index (χ0v) is 17.0. The SMILES string of the molecule is C/C(=N/OCc1c(-n2nnn(C)c2=O)cccc1C(F)(F)F)c1ccc2c(c1)CCC2. The molecule has 2 aromatic carbocycles. The number of aromatic nitrogens is 4. The van der Waals surface area contributed by atoms with E-state index in [-0.39, 0.29) is 11.3 Å². The molecule has 3 aromatic rings. The van der Waals surface area contributed by atoms with E-state index in [1.807, 2.05) is 18.2 Å². The molecular formula is C21H20F3N5O2. The lowest BCUT2D eigenvalue weighted by molar-refractivity contribution is -0.138. The first-order chi connectivity index (χ1) is 14.8. The van der Waals surface area contributed by atoms with Crippen molar-refractivity contribution in [2.45, 2.75) is 39.0 Å². The fourth-order valence-electron chi connectivity index (χ4n) is 3.70. The molecule has 31 heavy (non-hydrogen) atoms. The summed E-state index contributed by atoms with van der Waals surface area (Å²) >= 11 is 0. The lowest BCUT2D eigenvalue weighted by Crippen LogP contribution is -2.24. The van der Waals surface area contributed by atoms with Crippen LogP contribution in [0.5, 0.6) is 0 Å². The fourth-order valence-corrected chi connectivity index (χ4v) is 3.70. The number of benzene rings is 2. The summed E-state index contributed by atoms with van der Waals surface area (Å²) < 4.78 is 42.6. The minimum atomic E-state index is -4.64. The van der Waals surface area contributed by atoms with Crippen molar-refractivity contribution in [3.8, 4) is 5.69 Å². The highest BCUT2D eigenvalue weighted by Crippen LogP contribution is 2.34. The van der Waals surface area contributed by atoms with Gasteiger partial charge in [0, 0.05) is 12.6 Å². The van der Waals surface area contributed by atoms with Crippen LogP contribution in [0, 0.1) is 0 Å². The molecule has 0 fully saturated rings. The summed E-state index contributed by atoms with van der Waals surface area (Å²) in [6.45, 7) is 1.25. The van der Waals surface area contributed by atoms with Gasteiger partial charge in [0.25, 0.3) is 0 Å². The normalized spacial score (nSPS) is 14.0. The Morgan fingerprint density at radius 3 is 2.65 bits per heavy atom. The quantitative estimate of drug-likeness (QED) is 0.458. The number of aryl methyl sites for hydroxylation is 3. The van der Waals surface area contributed by atoms with Crippen LogP contribution < -0.4 is 5.69 Å². The lowest BCUT2D eigenvalue weighted by atomic mass is 10.0. The number of alkyl halides is 3. The Bertz CT molecular complexity index is 1210. The Balaban J connectivity index is 1.65. The van der Waals surface area contributed by atoms with Gasteiger partial charge in [0.15, 0.2) is 0 Å². The molecular weight excluding hydrogens is 411 g/mol. The predicted octanol–water partition coefficient (Wildman–Crippen LogP) is 3.41. The van der Waals surface area contributed by atoms with E-state index in [1.54, 1.807) is 6.92 Å². The molecule has 0 spiro atoms. The van der Waals surface area contributed by atoms with E-state index in [9.17, 15) is 18.0 Å². The number of hydrogen-bond donors (Lipinski definition) is 0. The van der Waals surface area contributed by atoms with E-state index in [4.69, 9.17) is 4.84 Å². The molecule has 1 heterocycles. The van der Waals surface area contributed by atoms with Crippen LogP contribution in [0.1, 0.15) is 41.2 Å². The van der Waals surface area contributed by atoms with Gasteiger partial charge >= 0.3 is 11.9 Å². The van der Waals surface area contributed by atoms with Crippen molar-refractivity contribution >= 4 is 5.71 Å². The van der Waals surface area contributed by atoms with Gasteiger partial charge in [-0.15, -0.1) is 0 Å². The molecule has 162 valence electrons. The fraction of sp³-hybridized carbons (Fsp3) is 0.333. The second-order valence-electron chi connectivity index (χ2n) is 7.39. The number of halogens is 3. The number of fused-ring (bicyclic) bond motifs is 1. The Morgan fingerprint density at radius 2 is 1.94 bits per heavy atom. The zero-order chi connectivity index (χ0) is 22.2. The second-order valence-corrected chi connectivity index (χ2v) is 7.39. The van der Waals surface area contributed by atoms with Crippen molar-refractivity contribution in [2.75, 3.05) is 0 Å². The molecule has 0 N–H and O–H groups in total. The first kappa shape index (κ1) is 20.8. The molecule has 0 atom stereocenters.